The van der Waals surface area contributed by atoms with Crippen LogP contribution in [0.1, 0.15) is 38.2 Å². The van der Waals surface area contributed by atoms with Crippen molar-refractivity contribution >= 4 is 5.96 Å². The quantitative estimate of drug-likeness (QED) is 0.647. The molecule has 1 aliphatic carbocycles. The first-order valence-corrected chi connectivity index (χ1v) is 7.29. The number of hydrogen-bond acceptors (Lipinski definition) is 1. The molecule has 2 rings (SSSR count). The van der Waals surface area contributed by atoms with Gasteiger partial charge in [0.15, 0.2) is 5.96 Å². The summed E-state index contributed by atoms with van der Waals surface area (Å²) in [7, 11) is 1.84. The Morgan fingerprint density at radius 3 is 2.47 bits per heavy atom. The van der Waals surface area contributed by atoms with Crippen molar-refractivity contribution in [2.75, 3.05) is 7.05 Å². The third kappa shape index (κ3) is 4.58. The van der Waals surface area contributed by atoms with Crippen LogP contribution in [-0.4, -0.2) is 19.0 Å². The molecule has 0 heterocycles. The second-order valence-corrected chi connectivity index (χ2v) is 5.51. The minimum atomic E-state index is 0.582. The zero-order chi connectivity index (χ0) is 13.5. The predicted molar refractivity (Wildman–Crippen MR) is 81.2 cm³/mol. The predicted octanol–water partition coefficient (Wildman–Crippen LogP) is 2.93. The molecule has 0 radical (unpaired) electrons. The molecule has 1 saturated carbocycles. The van der Waals surface area contributed by atoms with Crippen LogP contribution in [0.3, 0.4) is 0 Å². The molecule has 0 saturated heterocycles. The monoisotopic (exact) mass is 259 g/mol. The summed E-state index contributed by atoms with van der Waals surface area (Å²) < 4.78 is 0. The second-order valence-electron chi connectivity index (χ2n) is 5.51. The van der Waals surface area contributed by atoms with E-state index in [1.54, 1.807) is 0 Å². The molecule has 0 spiro atoms. The van der Waals surface area contributed by atoms with Crippen LogP contribution in [0.4, 0.5) is 0 Å². The van der Waals surface area contributed by atoms with Gasteiger partial charge in [0.2, 0.25) is 0 Å². The van der Waals surface area contributed by atoms with E-state index in [9.17, 15) is 0 Å². The number of benzene rings is 1. The molecule has 104 valence electrons. The Labute approximate surface area is 116 Å². The first-order valence-electron chi connectivity index (χ1n) is 7.29. The van der Waals surface area contributed by atoms with Crippen LogP contribution in [0, 0.1) is 5.92 Å². The molecule has 0 aliphatic heterocycles. The number of nitrogens with one attached hydrogen (secondary N) is 2. The molecule has 19 heavy (non-hydrogen) atoms. The van der Waals surface area contributed by atoms with E-state index in [1.165, 1.54) is 31.2 Å². The Bertz CT molecular complexity index is 392. The largest absolute Gasteiger partial charge is 0.354 e. The lowest BCUT2D eigenvalue weighted by Gasteiger charge is -2.28. The van der Waals surface area contributed by atoms with Crippen LogP contribution < -0.4 is 10.6 Å². The molecule has 1 aromatic carbocycles. The Balaban J connectivity index is 1.78. The molecular weight excluding hydrogens is 234 g/mol. The number of rotatable bonds is 3. The lowest BCUT2D eigenvalue weighted by Crippen LogP contribution is -2.44. The van der Waals surface area contributed by atoms with Crippen molar-refractivity contribution in [2.24, 2.45) is 10.9 Å². The van der Waals surface area contributed by atoms with Gasteiger partial charge in [0.1, 0.15) is 0 Å². The van der Waals surface area contributed by atoms with Crippen LogP contribution in [0.2, 0.25) is 0 Å². The molecule has 1 aromatic rings. The van der Waals surface area contributed by atoms with Gasteiger partial charge in [0.05, 0.1) is 0 Å². The maximum Gasteiger partial charge on any atom is 0.191 e. The average Bonchev–Trinajstić information content (AvgIpc) is 2.46. The summed E-state index contributed by atoms with van der Waals surface area (Å²) in [6.45, 7) is 3.17. The van der Waals surface area contributed by atoms with Gasteiger partial charge in [-0.25, -0.2) is 0 Å². The molecule has 2 N–H and O–H groups in total. The molecular formula is C16H25N3. The van der Waals surface area contributed by atoms with Gasteiger partial charge in [0.25, 0.3) is 0 Å². The number of guanidine groups is 1. The third-order valence-corrected chi connectivity index (χ3v) is 3.88. The van der Waals surface area contributed by atoms with Gasteiger partial charge in [-0.15, -0.1) is 0 Å². The molecule has 0 bridgehead atoms. The Hall–Kier alpha value is -1.51. The molecule has 1 fully saturated rings. The fraction of sp³-hybridized carbons (Fsp3) is 0.562. The molecule has 0 amide bonds. The van der Waals surface area contributed by atoms with Crippen LogP contribution >= 0.6 is 0 Å². The summed E-state index contributed by atoms with van der Waals surface area (Å²) in [4.78, 5) is 4.31. The van der Waals surface area contributed by atoms with Gasteiger partial charge >= 0.3 is 0 Å². The van der Waals surface area contributed by atoms with Crippen molar-refractivity contribution in [2.45, 2.75) is 45.2 Å². The molecule has 1 aliphatic rings. The fourth-order valence-electron chi connectivity index (χ4n) is 2.57. The van der Waals surface area contributed by atoms with Gasteiger partial charge in [-0.1, -0.05) is 37.3 Å². The van der Waals surface area contributed by atoms with Crippen molar-refractivity contribution in [1.29, 1.82) is 0 Å². The molecule has 0 atom stereocenters. The Kier molecular flexibility index (Phi) is 5.25. The summed E-state index contributed by atoms with van der Waals surface area (Å²) in [5, 5.41) is 6.92. The van der Waals surface area contributed by atoms with E-state index in [-0.39, 0.29) is 0 Å². The van der Waals surface area contributed by atoms with Gasteiger partial charge in [-0.05, 0) is 37.2 Å². The lowest BCUT2D eigenvalue weighted by molar-refractivity contribution is 0.329. The average molecular weight is 259 g/mol. The van der Waals surface area contributed by atoms with Crippen molar-refractivity contribution in [1.82, 2.24) is 10.6 Å². The maximum absolute atomic E-state index is 4.31. The van der Waals surface area contributed by atoms with Crippen LogP contribution in [0.15, 0.2) is 35.3 Å². The highest BCUT2D eigenvalue weighted by molar-refractivity contribution is 5.79. The smallest absolute Gasteiger partial charge is 0.191 e. The zero-order valence-corrected chi connectivity index (χ0v) is 12.0. The van der Waals surface area contributed by atoms with E-state index < -0.39 is 0 Å². The van der Waals surface area contributed by atoms with Gasteiger partial charge in [-0.3, -0.25) is 4.99 Å². The Morgan fingerprint density at radius 1 is 1.16 bits per heavy atom. The molecule has 3 nitrogen and oxygen atoms in total. The molecule has 0 aromatic heterocycles. The summed E-state index contributed by atoms with van der Waals surface area (Å²) >= 11 is 0. The second kappa shape index (κ2) is 7.17. The topological polar surface area (TPSA) is 36.4 Å². The van der Waals surface area contributed by atoms with Crippen LogP contribution in [-0.2, 0) is 6.54 Å². The van der Waals surface area contributed by atoms with Crippen LogP contribution in [0.25, 0.3) is 0 Å². The van der Waals surface area contributed by atoms with E-state index in [2.05, 4.69) is 46.8 Å². The minimum absolute atomic E-state index is 0.582. The summed E-state index contributed by atoms with van der Waals surface area (Å²) in [5.41, 5.74) is 1.28. The number of aliphatic imine (C=N–C) groups is 1. The van der Waals surface area contributed by atoms with Crippen molar-refractivity contribution in [3.05, 3.63) is 35.9 Å². The zero-order valence-electron chi connectivity index (χ0n) is 12.0. The highest BCUT2D eigenvalue weighted by Crippen LogP contribution is 2.23. The SMILES string of the molecule is CN=C(NCc1ccccc1)NC1CCC(C)CC1. The van der Waals surface area contributed by atoms with Crippen molar-refractivity contribution in [3.8, 4) is 0 Å². The summed E-state index contributed by atoms with van der Waals surface area (Å²) in [5.74, 6) is 1.81. The highest BCUT2D eigenvalue weighted by atomic mass is 15.2. The standard InChI is InChI=1S/C16H25N3/c1-13-8-10-15(11-9-13)19-16(17-2)18-12-14-6-4-3-5-7-14/h3-7,13,15H,8-12H2,1-2H3,(H2,17,18,19). The summed E-state index contributed by atoms with van der Waals surface area (Å²) in [6.07, 6.45) is 5.17. The van der Waals surface area contributed by atoms with Gasteiger partial charge < -0.3 is 10.6 Å². The molecule has 3 heteroatoms. The lowest BCUT2D eigenvalue weighted by atomic mass is 9.87. The van der Waals surface area contributed by atoms with E-state index in [4.69, 9.17) is 0 Å². The Morgan fingerprint density at radius 2 is 1.84 bits per heavy atom. The van der Waals surface area contributed by atoms with E-state index in [1.807, 2.05) is 13.1 Å². The molecule has 0 unspecified atom stereocenters. The number of nitrogens with zero attached hydrogens (tertiary/aromatic N) is 1. The van der Waals surface area contributed by atoms with E-state index >= 15 is 0 Å². The van der Waals surface area contributed by atoms with E-state index in [0.29, 0.717) is 6.04 Å². The third-order valence-electron chi connectivity index (χ3n) is 3.88. The maximum atomic E-state index is 4.31. The highest BCUT2D eigenvalue weighted by Gasteiger charge is 2.18. The first-order chi connectivity index (χ1) is 9.28. The van der Waals surface area contributed by atoms with Crippen LogP contribution in [0.5, 0.6) is 0 Å². The van der Waals surface area contributed by atoms with Gasteiger partial charge in [0, 0.05) is 19.6 Å². The summed E-state index contributed by atoms with van der Waals surface area (Å²) in [6, 6.07) is 11.0. The minimum Gasteiger partial charge on any atom is -0.354 e. The normalized spacial score (nSPS) is 24.0. The number of hydrogen-bond donors (Lipinski definition) is 2. The van der Waals surface area contributed by atoms with Crippen molar-refractivity contribution in [3.63, 3.8) is 0 Å². The fourth-order valence-corrected chi connectivity index (χ4v) is 2.57. The van der Waals surface area contributed by atoms with Gasteiger partial charge in [-0.2, -0.15) is 0 Å². The first kappa shape index (κ1) is 13.9. The van der Waals surface area contributed by atoms with Crippen molar-refractivity contribution < 1.29 is 0 Å². The van der Waals surface area contributed by atoms with E-state index in [0.717, 1.165) is 18.4 Å².